The Morgan fingerprint density at radius 1 is 1.48 bits per heavy atom. The molecule has 23 heavy (non-hydrogen) atoms. The number of halogens is 1. The van der Waals surface area contributed by atoms with Crippen molar-refractivity contribution in [3.63, 3.8) is 0 Å². The van der Waals surface area contributed by atoms with Crippen LogP contribution >= 0.6 is 11.6 Å². The summed E-state index contributed by atoms with van der Waals surface area (Å²) in [6.07, 6.45) is 1.72. The van der Waals surface area contributed by atoms with E-state index in [1.54, 1.807) is 21.7 Å². The van der Waals surface area contributed by atoms with E-state index in [9.17, 15) is 9.90 Å². The molecule has 0 saturated carbocycles. The minimum atomic E-state index is -0.448. The van der Waals surface area contributed by atoms with Crippen molar-refractivity contribution in [1.82, 2.24) is 19.9 Å². The van der Waals surface area contributed by atoms with Gasteiger partial charge in [-0.05, 0) is 31.0 Å². The summed E-state index contributed by atoms with van der Waals surface area (Å²) >= 11 is 6.05. The van der Waals surface area contributed by atoms with Gasteiger partial charge in [0.1, 0.15) is 0 Å². The molecule has 3 rings (SSSR count). The number of carbonyl (C=O) groups is 1. The molecule has 2 heterocycles. The molecule has 0 unspecified atom stereocenters. The van der Waals surface area contributed by atoms with E-state index in [0.29, 0.717) is 36.6 Å². The van der Waals surface area contributed by atoms with Crippen LogP contribution in [-0.2, 0) is 6.42 Å². The Morgan fingerprint density at radius 2 is 2.30 bits per heavy atom. The smallest absolute Gasteiger partial charge is 0.276 e. The summed E-state index contributed by atoms with van der Waals surface area (Å²) in [5.74, 6) is -0.168. The lowest BCUT2D eigenvalue weighted by Crippen LogP contribution is -2.30. The molecule has 1 atom stereocenters. The van der Waals surface area contributed by atoms with Gasteiger partial charge in [-0.2, -0.15) is 0 Å². The molecule has 0 bridgehead atoms. The van der Waals surface area contributed by atoms with Crippen LogP contribution in [0.15, 0.2) is 24.3 Å². The predicted molar refractivity (Wildman–Crippen MR) is 86.9 cm³/mol. The largest absolute Gasteiger partial charge is 0.391 e. The maximum atomic E-state index is 12.7. The van der Waals surface area contributed by atoms with E-state index < -0.39 is 6.10 Å². The SMILES string of the molecule is CCCc1c(C(=O)N2CC[C@@H](O)C2)nnn1-c1cccc(Cl)c1. The summed E-state index contributed by atoms with van der Waals surface area (Å²) < 4.78 is 1.68. The molecule has 0 spiro atoms. The number of aliphatic hydroxyl groups excluding tert-OH is 1. The van der Waals surface area contributed by atoms with E-state index in [1.807, 2.05) is 19.1 Å². The highest BCUT2D eigenvalue weighted by molar-refractivity contribution is 6.30. The molecular weight excluding hydrogens is 316 g/mol. The fourth-order valence-electron chi connectivity index (χ4n) is 2.82. The summed E-state index contributed by atoms with van der Waals surface area (Å²) in [6.45, 7) is 2.95. The second-order valence-electron chi connectivity index (χ2n) is 5.72. The molecule has 1 aliphatic heterocycles. The van der Waals surface area contributed by atoms with Crippen LogP contribution in [0.5, 0.6) is 0 Å². The first-order valence-electron chi connectivity index (χ1n) is 7.78. The number of likely N-dealkylation sites (tertiary alicyclic amines) is 1. The Hall–Kier alpha value is -1.92. The predicted octanol–water partition coefficient (Wildman–Crippen LogP) is 2.08. The Bertz CT molecular complexity index is 716. The fraction of sp³-hybridized carbons (Fsp3) is 0.438. The molecule has 1 N–H and O–H groups in total. The number of aromatic nitrogens is 3. The quantitative estimate of drug-likeness (QED) is 0.929. The first-order valence-corrected chi connectivity index (χ1v) is 8.15. The third-order valence-electron chi connectivity index (χ3n) is 3.96. The highest BCUT2D eigenvalue weighted by Crippen LogP contribution is 2.20. The van der Waals surface area contributed by atoms with Crippen molar-refractivity contribution >= 4 is 17.5 Å². The van der Waals surface area contributed by atoms with Gasteiger partial charge < -0.3 is 10.0 Å². The number of hydrogen-bond acceptors (Lipinski definition) is 4. The zero-order valence-electron chi connectivity index (χ0n) is 12.9. The molecule has 122 valence electrons. The normalized spacial score (nSPS) is 17.7. The molecule has 1 aromatic carbocycles. The molecule has 1 aliphatic rings. The number of amides is 1. The van der Waals surface area contributed by atoms with E-state index in [2.05, 4.69) is 10.3 Å². The molecule has 2 aromatic rings. The van der Waals surface area contributed by atoms with Crippen LogP contribution in [0.25, 0.3) is 5.69 Å². The zero-order valence-corrected chi connectivity index (χ0v) is 13.7. The third kappa shape index (κ3) is 3.23. The second-order valence-corrected chi connectivity index (χ2v) is 6.16. The number of β-amino-alcohol motifs (C(OH)–C–C–N with tert-alkyl or cyclic N) is 1. The van der Waals surface area contributed by atoms with Crippen molar-refractivity contribution in [2.75, 3.05) is 13.1 Å². The highest BCUT2D eigenvalue weighted by atomic mass is 35.5. The lowest BCUT2D eigenvalue weighted by atomic mass is 10.2. The maximum absolute atomic E-state index is 12.7. The number of benzene rings is 1. The van der Waals surface area contributed by atoms with Gasteiger partial charge in [0, 0.05) is 18.1 Å². The van der Waals surface area contributed by atoms with Gasteiger partial charge in [-0.1, -0.05) is 36.2 Å². The molecule has 6 nitrogen and oxygen atoms in total. The van der Waals surface area contributed by atoms with Crippen molar-refractivity contribution in [1.29, 1.82) is 0 Å². The minimum Gasteiger partial charge on any atom is -0.391 e. The molecule has 1 saturated heterocycles. The standard InChI is InChI=1S/C16H19ClN4O2/c1-2-4-14-15(16(23)20-8-7-13(22)10-20)18-19-21(14)12-6-3-5-11(17)9-12/h3,5-6,9,13,22H,2,4,7-8,10H2,1H3/t13-/m1/s1. The third-order valence-corrected chi connectivity index (χ3v) is 4.19. The average Bonchev–Trinajstić information content (AvgIpc) is 3.14. The van der Waals surface area contributed by atoms with E-state index >= 15 is 0 Å². The molecule has 1 fully saturated rings. The molecular formula is C16H19ClN4O2. The first-order chi connectivity index (χ1) is 11.1. The lowest BCUT2D eigenvalue weighted by molar-refractivity contribution is 0.0758. The van der Waals surface area contributed by atoms with E-state index in [1.165, 1.54) is 0 Å². The summed E-state index contributed by atoms with van der Waals surface area (Å²) in [7, 11) is 0. The van der Waals surface area contributed by atoms with Gasteiger partial charge in [-0.15, -0.1) is 5.10 Å². The zero-order chi connectivity index (χ0) is 16.4. The van der Waals surface area contributed by atoms with Gasteiger partial charge in [0.25, 0.3) is 5.91 Å². The van der Waals surface area contributed by atoms with Crippen LogP contribution in [0.4, 0.5) is 0 Å². The monoisotopic (exact) mass is 334 g/mol. The summed E-state index contributed by atoms with van der Waals surface area (Å²) in [4.78, 5) is 14.3. The van der Waals surface area contributed by atoms with Crippen molar-refractivity contribution in [2.45, 2.75) is 32.3 Å². The molecule has 0 radical (unpaired) electrons. The second kappa shape index (κ2) is 6.68. The van der Waals surface area contributed by atoms with Gasteiger partial charge in [0.2, 0.25) is 0 Å². The van der Waals surface area contributed by atoms with Crippen LogP contribution in [0.1, 0.15) is 35.9 Å². The number of rotatable bonds is 4. The fourth-order valence-corrected chi connectivity index (χ4v) is 3.00. The van der Waals surface area contributed by atoms with Crippen LogP contribution in [0.3, 0.4) is 0 Å². The van der Waals surface area contributed by atoms with Crippen molar-refractivity contribution in [2.24, 2.45) is 0 Å². The van der Waals surface area contributed by atoms with E-state index in [0.717, 1.165) is 17.8 Å². The maximum Gasteiger partial charge on any atom is 0.276 e. The Kier molecular flexibility index (Phi) is 4.63. The van der Waals surface area contributed by atoms with Gasteiger partial charge in [-0.3, -0.25) is 4.79 Å². The van der Waals surface area contributed by atoms with E-state index in [-0.39, 0.29) is 5.91 Å². The molecule has 1 aromatic heterocycles. The molecule has 0 aliphatic carbocycles. The van der Waals surface area contributed by atoms with Crippen molar-refractivity contribution in [3.8, 4) is 5.69 Å². The van der Waals surface area contributed by atoms with Crippen molar-refractivity contribution in [3.05, 3.63) is 40.7 Å². The van der Waals surface area contributed by atoms with Crippen LogP contribution < -0.4 is 0 Å². The van der Waals surface area contributed by atoms with Gasteiger partial charge in [0.05, 0.1) is 17.5 Å². The van der Waals surface area contributed by atoms with Crippen molar-refractivity contribution < 1.29 is 9.90 Å². The van der Waals surface area contributed by atoms with Gasteiger partial charge in [0.15, 0.2) is 5.69 Å². The number of hydrogen-bond donors (Lipinski definition) is 1. The lowest BCUT2D eigenvalue weighted by Gasteiger charge is -2.15. The average molecular weight is 335 g/mol. The number of nitrogens with zero attached hydrogens (tertiary/aromatic N) is 4. The van der Waals surface area contributed by atoms with Gasteiger partial charge in [-0.25, -0.2) is 4.68 Å². The summed E-state index contributed by atoms with van der Waals surface area (Å²) in [5.41, 5.74) is 1.93. The van der Waals surface area contributed by atoms with Crippen LogP contribution in [0.2, 0.25) is 5.02 Å². The molecule has 7 heteroatoms. The summed E-state index contributed by atoms with van der Waals surface area (Å²) in [6, 6.07) is 7.31. The minimum absolute atomic E-state index is 0.168. The highest BCUT2D eigenvalue weighted by Gasteiger charge is 2.29. The van der Waals surface area contributed by atoms with Crippen LogP contribution in [0, 0.1) is 0 Å². The van der Waals surface area contributed by atoms with Crippen LogP contribution in [-0.4, -0.2) is 50.1 Å². The Morgan fingerprint density at radius 3 is 2.96 bits per heavy atom. The topological polar surface area (TPSA) is 71.2 Å². The number of carbonyl (C=O) groups excluding carboxylic acids is 1. The molecule has 1 amide bonds. The first kappa shape index (κ1) is 16.0. The number of aliphatic hydroxyl groups is 1. The van der Waals surface area contributed by atoms with E-state index in [4.69, 9.17) is 11.6 Å². The Labute approximate surface area is 139 Å². The Balaban J connectivity index is 1.97. The van der Waals surface area contributed by atoms with Gasteiger partial charge >= 0.3 is 0 Å². The summed E-state index contributed by atoms with van der Waals surface area (Å²) in [5, 5.41) is 18.5.